The van der Waals surface area contributed by atoms with Gasteiger partial charge in [-0.15, -0.1) is 0 Å². The Kier molecular flexibility index (Phi) is 5.58. The van der Waals surface area contributed by atoms with Crippen molar-refractivity contribution < 1.29 is 0 Å². The second-order valence-corrected chi connectivity index (χ2v) is 7.56. The third-order valence-corrected chi connectivity index (χ3v) is 5.57. The van der Waals surface area contributed by atoms with Gasteiger partial charge in [0.1, 0.15) is 5.02 Å². The van der Waals surface area contributed by atoms with Crippen LogP contribution in [-0.2, 0) is 0 Å². The van der Waals surface area contributed by atoms with E-state index in [9.17, 15) is 4.79 Å². The molecule has 0 radical (unpaired) electrons. The molecule has 0 amide bonds. The largest absolute Gasteiger partial charge is 0.369 e. The molecule has 0 bridgehead atoms. The number of halogens is 3. The minimum absolute atomic E-state index is 0.0540. The summed E-state index contributed by atoms with van der Waals surface area (Å²) in [4.78, 5) is 16.8. The van der Waals surface area contributed by atoms with Crippen LogP contribution in [0.15, 0.2) is 29.2 Å². The fourth-order valence-corrected chi connectivity index (χ4v) is 3.62. The van der Waals surface area contributed by atoms with Crippen LogP contribution in [0.1, 0.15) is 12.8 Å². The maximum Gasteiger partial charge on any atom is 0.291 e. The lowest BCUT2D eigenvalue weighted by Gasteiger charge is -2.37. The summed E-state index contributed by atoms with van der Waals surface area (Å²) in [5.74, 6) is 0. The van der Waals surface area contributed by atoms with Gasteiger partial charge in [-0.1, -0.05) is 34.8 Å². The summed E-state index contributed by atoms with van der Waals surface area (Å²) in [5.41, 5.74) is 1.05. The quantitative estimate of drug-likeness (QED) is 0.786. The van der Waals surface area contributed by atoms with Crippen molar-refractivity contribution in [3.63, 3.8) is 0 Å². The van der Waals surface area contributed by atoms with Crippen molar-refractivity contribution >= 4 is 40.5 Å². The number of rotatable bonds is 3. The Labute approximate surface area is 161 Å². The minimum Gasteiger partial charge on any atom is -0.369 e. The molecule has 1 aliphatic rings. The number of nitrogens with zero attached hydrogens (tertiary/aromatic N) is 4. The third-order valence-electron chi connectivity index (χ3n) is 4.52. The second-order valence-electron chi connectivity index (χ2n) is 6.36. The zero-order valence-corrected chi connectivity index (χ0v) is 16.3. The predicted molar refractivity (Wildman–Crippen MR) is 104 cm³/mol. The topological polar surface area (TPSA) is 41.4 Å². The molecule has 1 aliphatic heterocycles. The number of hydrogen-bond acceptors (Lipinski definition) is 4. The first-order chi connectivity index (χ1) is 11.9. The lowest BCUT2D eigenvalue weighted by atomic mass is 10.0. The number of piperidine rings is 1. The molecule has 0 spiro atoms. The van der Waals surface area contributed by atoms with Crippen molar-refractivity contribution in [2.75, 3.05) is 32.1 Å². The maximum atomic E-state index is 12.2. The number of benzene rings is 1. The Morgan fingerprint density at radius 1 is 1.20 bits per heavy atom. The molecular weight excluding hydrogens is 383 g/mol. The van der Waals surface area contributed by atoms with Gasteiger partial charge in [-0.2, -0.15) is 9.78 Å². The van der Waals surface area contributed by atoms with Crippen molar-refractivity contribution in [1.82, 2.24) is 14.7 Å². The van der Waals surface area contributed by atoms with E-state index in [1.807, 2.05) is 12.1 Å². The summed E-state index contributed by atoms with van der Waals surface area (Å²) in [6, 6.07) is 5.98. The molecule has 1 aromatic heterocycles. The first kappa shape index (κ1) is 18.5. The molecule has 0 saturated carbocycles. The average Bonchev–Trinajstić information content (AvgIpc) is 2.60. The molecule has 1 atom stereocenters. The maximum absolute atomic E-state index is 12.2. The van der Waals surface area contributed by atoms with Crippen molar-refractivity contribution in [2.24, 2.45) is 0 Å². The van der Waals surface area contributed by atoms with Crippen LogP contribution < -0.4 is 10.5 Å². The van der Waals surface area contributed by atoms with Crippen LogP contribution in [-0.4, -0.2) is 47.9 Å². The van der Waals surface area contributed by atoms with Crippen LogP contribution in [0.25, 0.3) is 5.69 Å². The second kappa shape index (κ2) is 7.54. The van der Waals surface area contributed by atoms with Gasteiger partial charge in [0.05, 0.1) is 27.6 Å². The molecule has 8 heteroatoms. The average molecular weight is 402 g/mol. The molecular formula is C17H19Cl3N4O. The van der Waals surface area contributed by atoms with Crippen molar-refractivity contribution in [3.8, 4) is 5.69 Å². The van der Waals surface area contributed by atoms with Crippen LogP contribution in [0.3, 0.4) is 0 Å². The predicted octanol–water partition coefficient (Wildman–Crippen LogP) is 3.72. The molecule has 1 aromatic carbocycles. The van der Waals surface area contributed by atoms with Crippen LogP contribution in [0, 0.1) is 0 Å². The summed E-state index contributed by atoms with van der Waals surface area (Å²) < 4.78 is 1.20. The molecule has 2 aromatic rings. The van der Waals surface area contributed by atoms with Gasteiger partial charge in [-0.25, -0.2) is 0 Å². The number of likely N-dealkylation sites (N-methyl/N-ethyl adjacent to an activating group) is 1. The first-order valence-electron chi connectivity index (χ1n) is 8.03. The summed E-state index contributed by atoms with van der Waals surface area (Å²) in [5, 5.41) is 4.70. The number of aromatic nitrogens is 2. The lowest BCUT2D eigenvalue weighted by molar-refractivity contribution is 0.258. The smallest absolute Gasteiger partial charge is 0.291 e. The highest BCUT2D eigenvalue weighted by Crippen LogP contribution is 2.30. The summed E-state index contributed by atoms with van der Waals surface area (Å²) in [6.07, 6.45) is 3.65. The standard InChI is InChI=1S/C17H19Cl3N4O/c1-22(2)12-4-3-7-23(10-12)15-6-5-11(8-13(15)18)24-17(25)16(20)14(19)9-21-24/h5-6,8-9,12H,3-4,7,10H2,1-2H3. The minimum atomic E-state index is -0.469. The Balaban J connectivity index is 1.92. The molecule has 5 nitrogen and oxygen atoms in total. The summed E-state index contributed by atoms with van der Waals surface area (Å²) in [7, 11) is 4.20. The summed E-state index contributed by atoms with van der Waals surface area (Å²) in [6.45, 7) is 1.89. The molecule has 0 N–H and O–H groups in total. The van der Waals surface area contributed by atoms with E-state index in [-0.39, 0.29) is 10.0 Å². The first-order valence-corrected chi connectivity index (χ1v) is 9.16. The Morgan fingerprint density at radius 2 is 1.96 bits per heavy atom. The molecule has 1 saturated heterocycles. The number of anilines is 1. The highest BCUT2D eigenvalue weighted by atomic mass is 35.5. The van der Waals surface area contributed by atoms with E-state index in [2.05, 4.69) is 29.0 Å². The highest BCUT2D eigenvalue weighted by Gasteiger charge is 2.23. The molecule has 3 rings (SSSR count). The van der Waals surface area contributed by atoms with Gasteiger partial charge in [0.2, 0.25) is 0 Å². The van der Waals surface area contributed by atoms with Gasteiger partial charge in [0.25, 0.3) is 5.56 Å². The van der Waals surface area contributed by atoms with Gasteiger partial charge in [0.15, 0.2) is 0 Å². The van der Waals surface area contributed by atoms with Crippen LogP contribution in [0.5, 0.6) is 0 Å². The van der Waals surface area contributed by atoms with Gasteiger partial charge < -0.3 is 9.80 Å². The van der Waals surface area contributed by atoms with E-state index < -0.39 is 5.56 Å². The zero-order valence-electron chi connectivity index (χ0n) is 14.0. The van der Waals surface area contributed by atoms with Crippen LogP contribution in [0.4, 0.5) is 5.69 Å². The third kappa shape index (κ3) is 3.80. The van der Waals surface area contributed by atoms with E-state index >= 15 is 0 Å². The van der Waals surface area contributed by atoms with Gasteiger partial charge in [0, 0.05) is 19.1 Å². The molecule has 25 heavy (non-hydrogen) atoms. The summed E-state index contributed by atoms with van der Waals surface area (Å²) >= 11 is 18.3. The zero-order chi connectivity index (χ0) is 18.1. The SMILES string of the molecule is CN(C)C1CCCN(c2ccc(-n3ncc(Cl)c(Cl)c3=O)cc2Cl)C1. The molecule has 2 heterocycles. The highest BCUT2D eigenvalue weighted by molar-refractivity contribution is 6.41. The Bertz CT molecular complexity index is 837. The lowest BCUT2D eigenvalue weighted by Crippen LogP contribution is -2.45. The molecule has 1 unspecified atom stereocenters. The monoisotopic (exact) mass is 400 g/mol. The van der Waals surface area contributed by atoms with E-state index in [1.54, 1.807) is 6.07 Å². The van der Waals surface area contributed by atoms with Crippen LogP contribution >= 0.6 is 34.8 Å². The molecule has 1 fully saturated rings. The van der Waals surface area contributed by atoms with E-state index in [0.29, 0.717) is 16.8 Å². The van der Waals surface area contributed by atoms with Crippen LogP contribution in [0.2, 0.25) is 15.1 Å². The van der Waals surface area contributed by atoms with E-state index in [0.717, 1.165) is 25.2 Å². The number of hydrogen-bond donors (Lipinski definition) is 0. The molecule has 0 aliphatic carbocycles. The van der Waals surface area contributed by atoms with Gasteiger partial charge in [-0.3, -0.25) is 4.79 Å². The Morgan fingerprint density at radius 3 is 2.64 bits per heavy atom. The van der Waals surface area contributed by atoms with E-state index in [1.165, 1.54) is 17.3 Å². The van der Waals surface area contributed by atoms with Gasteiger partial charge >= 0.3 is 0 Å². The fraction of sp³-hybridized carbons (Fsp3) is 0.412. The fourth-order valence-electron chi connectivity index (χ4n) is 3.08. The van der Waals surface area contributed by atoms with Gasteiger partial charge in [-0.05, 0) is 45.1 Å². The van der Waals surface area contributed by atoms with Crippen molar-refractivity contribution in [1.29, 1.82) is 0 Å². The Hall–Kier alpha value is -1.27. The molecule has 134 valence electrons. The normalized spacial score (nSPS) is 18.0. The van der Waals surface area contributed by atoms with Crippen molar-refractivity contribution in [3.05, 3.63) is 49.8 Å². The van der Waals surface area contributed by atoms with E-state index in [4.69, 9.17) is 34.8 Å². The van der Waals surface area contributed by atoms with Crippen molar-refractivity contribution in [2.45, 2.75) is 18.9 Å².